The average molecular weight is 256 g/mol. The first-order valence-corrected chi connectivity index (χ1v) is 6.01. The van der Waals surface area contributed by atoms with Gasteiger partial charge in [0.2, 0.25) is 0 Å². The number of imidazole rings is 1. The predicted molar refractivity (Wildman–Crippen MR) is 74.9 cm³/mol. The van der Waals surface area contributed by atoms with Crippen molar-refractivity contribution in [3.05, 3.63) is 60.7 Å². The number of benzene rings is 1. The fourth-order valence-corrected chi connectivity index (χ4v) is 1.67. The summed E-state index contributed by atoms with van der Waals surface area (Å²) in [5, 5.41) is 5.95. The van der Waals surface area contributed by atoms with Crippen LogP contribution in [0.1, 0.15) is 16.2 Å². The Morgan fingerprint density at radius 2 is 2.26 bits per heavy atom. The van der Waals surface area contributed by atoms with Crippen LogP contribution in [0.15, 0.2) is 49.3 Å². The van der Waals surface area contributed by atoms with Crippen LogP contribution in [0.25, 0.3) is 0 Å². The Bertz CT molecular complexity index is 548. The van der Waals surface area contributed by atoms with Crippen LogP contribution in [0.2, 0.25) is 0 Å². The van der Waals surface area contributed by atoms with Crippen LogP contribution in [-0.2, 0) is 6.54 Å². The minimum absolute atomic E-state index is 0.136. The second-order valence-electron chi connectivity index (χ2n) is 3.93. The van der Waals surface area contributed by atoms with Crippen molar-refractivity contribution in [2.75, 3.05) is 11.9 Å². The minimum atomic E-state index is -0.136. The maximum atomic E-state index is 12.1. The molecule has 2 aromatic rings. The van der Waals surface area contributed by atoms with Gasteiger partial charge < -0.3 is 15.6 Å². The lowest BCUT2D eigenvalue weighted by molar-refractivity contribution is 0.0951. The quantitative estimate of drug-likeness (QED) is 0.692. The summed E-state index contributed by atoms with van der Waals surface area (Å²) in [6, 6.07) is 7.36. The van der Waals surface area contributed by atoms with E-state index in [4.69, 9.17) is 0 Å². The number of rotatable bonds is 6. The highest BCUT2D eigenvalue weighted by Crippen LogP contribution is 2.14. The van der Waals surface area contributed by atoms with E-state index in [1.54, 1.807) is 24.5 Å². The van der Waals surface area contributed by atoms with E-state index in [0.29, 0.717) is 18.7 Å². The van der Waals surface area contributed by atoms with Gasteiger partial charge in [-0.25, -0.2) is 4.98 Å². The topological polar surface area (TPSA) is 69.8 Å². The summed E-state index contributed by atoms with van der Waals surface area (Å²) in [6.07, 6.45) is 5.12. The number of amides is 1. The van der Waals surface area contributed by atoms with E-state index in [2.05, 4.69) is 27.2 Å². The number of carbonyl (C=O) groups excluding carboxylic acids is 1. The predicted octanol–water partition coefficient (Wildman–Crippen LogP) is 1.94. The van der Waals surface area contributed by atoms with Crippen molar-refractivity contribution in [1.82, 2.24) is 15.3 Å². The van der Waals surface area contributed by atoms with Gasteiger partial charge in [-0.3, -0.25) is 4.79 Å². The Morgan fingerprint density at radius 3 is 3.00 bits per heavy atom. The van der Waals surface area contributed by atoms with Gasteiger partial charge in [0.25, 0.3) is 5.91 Å². The monoisotopic (exact) mass is 256 g/mol. The van der Waals surface area contributed by atoms with E-state index in [0.717, 1.165) is 11.5 Å². The van der Waals surface area contributed by atoms with Crippen molar-refractivity contribution in [3.8, 4) is 0 Å². The molecule has 0 saturated heterocycles. The Balaban J connectivity index is 2.03. The summed E-state index contributed by atoms with van der Waals surface area (Å²) in [7, 11) is 0. The van der Waals surface area contributed by atoms with E-state index in [1.807, 2.05) is 18.2 Å². The Labute approximate surface area is 111 Å². The number of hydrogen-bond donors (Lipinski definition) is 3. The molecule has 0 saturated carbocycles. The van der Waals surface area contributed by atoms with Crippen molar-refractivity contribution in [2.45, 2.75) is 6.54 Å². The van der Waals surface area contributed by atoms with Crippen LogP contribution in [0.4, 0.5) is 5.69 Å². The van der Waals surface area contributed by atoms with E-state index in [1.165, 1.54) is 0 Å². The van der Waals surface area contributed by atoms with Gasteiger partial charge in [-0.05, 0) is 12.1 Å². The number of nitrogens with one attached hydrogen (secondary N) is 3. The second-order valence-corrected chi connectivity index (χ2v) is 3.93. The minimum Gasteiger partial charge on any atom is -0.381 e. The first kappa shape index (κ1) is 12.9. The molecule has 19 heavy (non-hydrogen) atoms. The molecule has 0 bridgehead atoms. The third-order valence-electron chi connectivity index (χ3n) is 2.58. The highest BCUT2D eigenvalue weighted by molar-refractivity contribution is 5.99. The molecule has 1 heterocycles. The largest absolute Gasteiger partial charge is 0.381 e. The van der Waals surface area contributed by atoms with Gasteiger partial charge >= 0.3 is 0 Å². The normalized spacial score (nSPS) is 9.89. The van der Waals surface area contributed by atoms with Gasteiger partial charge in [-0.2, -0.15) is 0 Å². The SMILES string of the molecule is C=CCNc1ccccc1C(=O)NCc1ncc[nH]1. The summed E-state index contributed by atoms with van der Waals surface area (Å²) >= 11 is 0. The fourth-order valence-electron chi connectivity index (χ4n) is 1.67. The lowest BCUT2D eigenvalue weighted by atomic mass is 10.1. The smallest absolute Gasteiger partial charge is 0.253 e. The van der Waals surface area contributed by atoms with Gasteiger partial charge in [-0.15, -0.1) is 6.58 Å². The van der Waals surface area contributed by atoms with Crippen LogP contribution >= 0.6 is 0 Å². The second kappa shape index (κ2) is 6.39. The molecule has 2 rings (SSSR count). The van der Waals surface area contributed by atoms with Gasteiger partial charge in [0.05, 0.1) is 12.1 Å². The molecule has 1 amide bonds. The highest BCUT2D eigenvalue weighted by atomic mass is 16.1. The van der Waals surface area contributed by atoms with Crippen LogP contribution in [0, 0.1) is 0 Å². The molecule has 1 aromatic carbocycles. The molecule has 0 spiro atoms. The highest BCUT2D eigenvalue weighted by Gasteiger charge is 2.10. The van der Waals surface area contributed by atoms with Gasteiger partial charge in [0.15, 0.2) is 0 Å². The van der Waals surface area contributed by atoms with Gasteiger partial charge in [-0.1, -0.05) is 18.2 Å². The zero-order valence-corrected chi connectivity index (χ0v) is 10.5. The molecule has 0 radical (unpaired) electrons. The van der Waals surface area contributed by atoms with Crippen LogP contribution in [0.3, 0.4) is 0 Å². The molecule has 5 heteroatoms. The zero-order valence-electron chi connectivity index (χ0n) is 10.5. The summed E-state index contributed by atoms with van der Waals surface area (Å²) in [4.78, 5) is 19.1. The average Bonchev–Trinajstić information content (AvgIpc) is 2.96. The van der Waals surface area contributed by atoms with E-state index >= 15 is 0 Å². The molecule has 98 valence electrons. The maximum Gasteiger partial charge on any atom is 0.253 e. The van der Waals surface area contributed by atoms with Crippen LogP contribution in [-0.4, -0.2) is 22.4 Å². The van der Waals surface area contributed by atoms with Crippen molar-refractivity contribution < 1.29 is 4.79 Å². The number of hydrogen-bond acceptors (Lipinski definition) is 3. The summed E-state index contributed by atoms with van der Waals surface area (Å²) < 4.78 is 0. The standard InChI is InChI=1S/C14H16N4O/c1-2-7-15-12-6-4-3-5-11(12)14(19)18-10-13-16-8-9-17-13/h2-6,8-9,15H,1,7,10H2,(H,16,17)(H,18,19). The molecule has 0 aliphatic carbocycles. The number of H-pyrrole nitrogens is 1. The summed E-state index contributed by atoms with van der Waals surface area (Å²) in [6.45, 7) is 4.64. The van der Waals surface area contributed by atoms with Crippen LogP contribution in [0.5, 0.6) is 0 Å². The summed E-state index contributed by atoms with van der Waals surface area (Å²) in [5.41, 5.74) is 1.40. The number of nitrogens with zero attached hydrogens (tertiary/aromatic N) is 1. The lowest BCUT2D eigenvalue weighted by Crippen LogP contribution is -2.24. The van der Waals surface area contributed by atoms with Crippen molar-refractivity contribution in [2.24, 2.45) is 0 Å². The number of aromatic nitrogens is 2. The zero-order chi connectivity index (χ0) is 13.5. The van der Waals surface area contributed by atoms with E-state index in [9.17, 15) is 4.79 Å². The summed E-state index contributed by atoms with van der Waals surface area (Å²) in [5.74, 6) is 0.591. The third kappa shape index (κ3) is 3.45. The molecule has 0 fully saturated rings. The Morgan fingerprint density at radius 1 is 1.42 bits per heavy atom. The van der Waals surface area contributed by atoms with Crippen molar-refractivity contribution in [1.29, 1.82) is 0 Å². The van der Waals surface area contributed by atoms with E-state index < -0.39 is 0 Å². The number of carbonyl (C=O) groups is 1. The first-order valence-electron chi connectivity index (χ1n) is 6.01. The number of para-hydroxylation sites is 1. The fraction of sp³-hybridized carbons (Fsp3) is 0.143. The molecule has 3 N–H and O–H groups in total. The van der Waals surface area contributed by atoms with Gasteiger partial charge in [0, 0.05) is 24.6 Å². The Hall–Kier alpha value is -2.56. The van der Waals surface area contributed by atoms with E-state index in [-0.39, 0.29) is 5.91 Å². The number of anilines is 1. The van der Waals surface area contributed by atoms with Gasteiger partial charge in [0.1, 0.15) is 5.82 Å². The molecular weight excluding hydrogens is 240 g/mol. The molecule has 0 aliphatic heterocycles. The van der Waals surface area contributed by atoms with Crippen molar-refractivity contribution in [3.63, 3.8) is 0 Å². The van der Waals surface area contributed by atoms with Crippen molar-refractivity contribution >= 4 is 11.6 Å². The maximum absolute atomic E-state index is 12.1. The van der Waals surface area contributed by atoms with Crippen LogP contribution < -0.4 is 10.6 Å². The molecule has 0 unspecified atom stereocenters. The number of aromatic amines is 1. The Kier molecular flexibility index (Phi) is 4.34. The molecule has 1 aromatic heterocycles. The molecule has 0 atom stereocenters. The third-order valence-corrected chi connectivity index (χ3v) is 2.58. The first-order chi connectivity index (χ1) is 9.31. The molecule has 5 nitrogen and oxygen atoms in total. The lowest BCUT2D eigenvalue weighted by Gasteiger charge is -2.10. The molecule has 0 aliphatic rings. The molecular formula is C14H16N4O.